The van der Waals surface area contributed by atoms with Crippen LogP contribution in [0.4, 0.5) is 0 Å². The molecular formula is C15H16BrNO. The fourth-order valence-corrected chi connectivity index (χ4v) is 2.20. The Morgan fingerprint density at radius 2 is 1.89 bits per heavy atom. The van der Waals surface area contributed by atoms with Crippen molar-refractivity contribution in [2.45, 2.75) is 19.5 Å². The zero-order valence-electron chi connectivity index (χ0n) is 10.2. The highest BCUT2D eigenvalue weighted by Gasteiger charge is 2.04. The summed E-state index contributed by atoms with van der Waals surface area (Å²) in [7, 11) is 0. The van der Waals surface area contributed by atoms with E-state index in [1.54, 1.807) is 12.1 Å². The second-order valence-corrected chi connectivity index (χ2v) is 5.24. The van der Waals surface area contributed by atoms with Gasteiger partial charge in [0, 0.05) is 17.1 Å². The highest BCUT2D eigenvalue weighted by Crippen LogP contribution is 2.18. The summed E-state index contributed by atoms with van der Waals surface area (Å²) in [4.78, 5) is 0. The van der Waals surface area contributed by atoms with E-state index in [1.807, 2.05) is 24.3 Å². The topological polar surface area (TPSA) is 32.3 Å². The SMILES string of the molecule is C[C@@H](NCc1ccc(O)cc1)c1cccc(Br)c1. The van der Waals surface area contributed by atoms with Crippen LogP contribution in [0.1, 0.15) is 24.1 Å². The van der Waals surface area contributed by atoms with Crippen molar-refractivity contribution in [3.8, 4) is 5.75 Å². The molecule has 2 nitrogen and oxygen atoms in total. The summed E-state index contributed by atoms with van der Waals surface area (Å²) < 4.78 is 1.10. The molecular weight excluding hydrogens is 290 g/mol. The van der Waals surface area contributed by atoms with E-state index < -0.39 is 0 Å². The van der Waals surface area contributed by atoms with Gasteiger partial charge in [-0.05, 0) is 42.3 Å². The molecule has 2 aromatic rings. The van der Waals surface area contributed by atoms with Gasteiger partial charge in [0.1, 0.15) is 5.75 Å². The Morgan fingerprint density at radius 3 is 2.56 bits per heavy atom. The summed E-state index contributed by atoms with van der Waals surface area (Å²) in [6, 6.07) is 15.9. The lowest BCUT2D eigenvalue weighted by Gasteiger charge is -2.14. The number of nitrogens with one attached hydrogen (secondary N) is 1. The molecule has 2 aromatic carbocycles. The van der Waals surface area contributed by atoms with Gasteiger partial charge in [0.05, 0.1) is 0 Å². The second-order valence-electron chi connectivity index (χ2n) is 4.32. The first-order chi connectivity index (χ1) is 8.65. The molecule has 2 rings (SSSR count). The molecule has 0 saturated heterocycles. The predicted molar refractivity (Wildman–Crippen MR) is 77.5 cm³/mol. The van der Waals surface area contributed by atoms with Crippen LogP contribution in [0.25, 0.3) is 0 Å². The first-order valence-electron chi connectivity index (χ1n) is 5.92. The van der Waals surface area contributed by atoms with Crippen molar-refractivity contribution in [3.05, 3.63) is 64.1 Å². The summed E-state index contributed by atoms with van der Waals surface area (Å²) in [6.07, 6.45) is 0. The van der Waals surface area contributed by atoms with Crippen LogP contribution >= 0.6 is 15.9 Å². The third-order valence-corrected chi connectivity index (χ3v) is 3.39. The third-order valence-electron chi connectivity index (χ3n) is 2.90. The average Bonchev–Trinajstić information content (AvgIpc) is 2.38. The molecule has 3 heteroatoms. The van der Waals surface area contributed by atoms with Crippen molar-refractivity contribution in [3.63, 3.8) is 0 Å². The van der Waals surface area contributed by atoms with Gasteiger partial charge in [-0.2, -0.15) is 0 Å². The minimum atomic E-state index is 0.288. The van der Waals surface area contributed by atoms with Crippen molar-refractivity contribution in [2.24, 2.45) is 0 Å². The van der Waals surface area contributed by atoms with Crippen LogP contribution in [0.5, 0.6) is 5.75 Å². The highest BCUT2D eigenvalue weighted by molar-refractivity contribution is 9.10. The van der Waals surface area contributed by atoms with E-state index in [0.29, 0.717) is 5.75 Å². The van der Waals surface area contributed by atoms with Gasteiger partial charge in [-0.15, -0.1) is 0 Å². The first kappa shape index (κ1) is 13.1. The molecule has 18 heavy (non-hydrogen) atoms. The Balaban J connectivity index is 1.96. The molecule has 0 amide bonds. The Labute approximate surface area is 116 Å². The van der Waals surface area contributed by atoms with E-state index in [9.17, 15) is 5.11 Å². The Morgan fingerprint density at radius 1 is 1.17 bits per heavy atom. The van der Waals surface area contributed by atoms with Gasteiger partial charge in [0.2, 0.25) is 0 Å². The number of rotatable bonds is 4. The lowest BCUT2D eigenvalue weighted by Crippen LogP contribution is -2.17. The number of hydrogen-bond acceptors (Lipinski definition) is 2. The van der Waals surface area contributed by atoms with E-state index in [1.165, 1.54) is 5.56 Å². The quantitative estimate of drug-likeness (QED) is 0.894. The summed E-state index contributed by atoms with van der Waals surface area (Å²) >= 11 is 3.48. The van der Waals surface area contributed by atoms with Gasteiger partial charge in [-0.1, -0.05) is 40.2 Å². The second kappa shape index (κ2) is 6.03. The van der Waals surface area contributed by atoms with Crippen molar-refractivity contribution in [1.29, 1.82) is 0 Å². The third kappa shape index (κ3) is 3.59. The van der Waals surface area contributed by atoms with Crippen molar-refractivity contribution >= 4 is 15.9 Å². The normalized spacial score (nSPS) is 12.3. The fraction of sp³-hybridized carbons (Fsp3) is 0.200. The number of aromatic hydroxyl groups is 1. The molecule has 0 aliphatic heterocycles. The summed E-state index contributed by atoms with van der Waals surface area (Å²) in [5.74, 6) is 0.304. The maximum Gasteiger partial charge on any atom is 0.115 e. The Kier molecular flexibility index (Phi) is 4.39. The largest absolute Gasteiger partial charge is 0.508 e. The Bertz CT molecular complexity index is 510. The zero-order chi connectivity index (χ0) is 13.0. The summed E-state index contributed by atoms with van der Waals surface area (Å²) in [6.45, 7) is 2.93. The predicted octanol–water partition coefficient (Wildman–Crippen LogP) is 4.01. The van der Waals surface area contributed by atoms with E-state index in [4.69, 9.17) is 0 Å². The summed E-state index contributed by atoms with van der Waals surface area (Å²) in [5.41, 5.74) is 2.41. The van der Waals surface area contributed by atoms with Crippen LogP contribution in [0.3, 0.4) is 0 Å². The minimum Gasteiger partial charge on any atom is -0.508 e. The molecule has 2 N–H and O–H groups in total. The molecule has 94 valence electrons. The van der Waals surface area contributed by atoms with Crippen LogP contribution in [0.2, 0.25) is 0 Å². The summed E-state index contributed by atoms with van der Waals surface area (Å²) in [5, 5.41) is 12.7. The molecule has 0 aliphatic rings. The molecule has 0 radical (unpaired) electrons. The van der Waals surface area contributed by atoms with Gasteiger partial charge in [0.15, 0.2) is 0 Å². The molecule has 0 heterocycles. The van der Waals surface area contributed by atoms with Crippen LogP contribution in [0, 0.1) is 0 Å². The molecule has 0 spiro atoms. The maximum absolute atomic E-state index is 9.22. The molecule has 1 atom stereocenters. The fourth-order valence-electron chi connectivity index (χ4n) is 1.78. The van der Waals surface area contributed by atoms with Gasteiger partial charge in [-0.25, -0.2) is 0 Å². The van der Waals surface area contributed by atoms with Gasteiger partial charge >= 0.3 is 0 Å². The van der Waals surface area contributed by atoms with E-state index in [-0.39, 0.29) is 6.04 Å². The number of benzene rings is 2. The molecule has 0 bridgehead atoms. The molecule has 0 unspecified atom stereocenters. The standard InChI is InChI=1S/C15H16BrNO/c1-11(13-3-2-4-14(16)9-13)17-10-12-5-7-15(18)8-6-12/h2-9,11,17-18H,10H2,1H3/t11-/m1/s1. The number of hydrogen-bond donors (Lipinski definition) is 2. The Hall–Kier alpha value is -1.32. The zero-order valence-corrected chi connectivity index (χ0v) is 11.8. The van der Waals surface area contributed by atoms with Crippen LogP contribution in [0.15, 0.2) is 53.0 Å². The van der Waals surface area contributed by atoms with Crippen LogP contribution in [-0.4, -0.2) is 5.11 Å². The molecule has 0 aliphatic carbocycles. The van der Waals surface area contributed by atoms with Crippen LogP contribution in [-0.2, 0) is 6.54 Å². The number of phenolic OH excluding ortho intramolecular Hbond substituents is 1. The van der Waals surface area contributed by atoms with E-state index >= 15 is 0 Å². The van der Waals surface area contributed by atoms with Crippen molar-refractivity contribution < 1.29 is 5.11 Å². The number of phenols is 1. The minimum absolute atomic E-state index is 0.288. The average molecular weight is 306 g/mol. The maximum atomic E-state index is 9.22. The lowest BCUT2D eigenvalue weighted by molar-refractivity contribution is 0.474. The van der Waals surface area contributed by atoms with Crippen molar-refractivity contribution in [2.75, 3.05) is 0 Å². The van der Waals surface area contributed by atoms with Gasteiger partial charge in [-0.3, -0.25) is 0 Å². The van der Waals surface area contributed by atoms with Crippen LogP contribution < -0.4 is 5.32 Å². The van der Waals surface area contributed by atoms with Gasteiger partial charge in [0.25, 0.3) is 0 Å². The van der Waals surface area contributed by atoms with Gasteiger partial charge < -0.3 is 10.4 Å². The molecule has 0 fully saturated rings. The monoisotopic (exact) mass is 305 g/mol. The lowest BCUT2D eigenvalue weighted by atomic mass is 10.1. The molecule has 0 saturated carbocycles. The smallest absolute Gasteiger partial charge is 0.115 e. The molecule has 0 aromatic heterocycles. The number of halogens is 1. The first-order valence-corrected chi connectivity index (χ1v) is 6.71. The highest BCUT2D eigenvalue weighted by atomic mass is 79.9. The van der Waals surface area contributed by atoms with E-state index in [0.717, 1.165) is 16.6 Å². The van der Waals surface area contributed by atoms with E-state index in [2.05, 4.69) is 40.3 Å². The van der Waals surface area contributed by atoms with Crippen molar-refractivity contribution in [1.82, 2.24) is 5.32 Å².